The molecule has 0 bridgehead atoms. The molecule has 0 fully saturated rings. The number of ether oxygens (including phenoxy) is 2. The zero-order valence-corrected chi connectivity index (χ0v) is 15.3. The summed E-state index contributed by atoms with van der Waals surface area (Å²) < 4.78 is 11.0. The number of nitrogens with zero attached hydrogens (tertiary/aromatic N) is 1. The van der Waals surface area contributed by atoms with Crippen LogP contribution in [0.1, 0.15) is 15.9 Å². The maximum atomic E-state index is 12.5. The van der Waals surface area contributed by atoms with Crippen LogP contribution in [-0.4, -0.2) is 17.9 Å². The largest absolute Gasteiger partial charge is 0.493 e. The average Bonchev–Trinajstić information content (AvgIpc) is 2.68. The van der Waals surface area contributed by atoms with Crippen molar-refractivity contribution >= 4 is 17.3 Å². The highest BCUT2D eigenvalue weighted by Crippen LogP contribution is 2.34. The molecule has 0 aliphatic rings. The number of non-ortho nitro benzene ring substituents is 1. The molecule has 0 heterocycles. The molecule has 0 aliphatic carbocycles. The van der Waals surface area contributed by atoms with Gasteiger partial charge in [0.1, 0.15) is 5.75 Å². The Bertz CT molecular complexity index is 1030. The molecule has 7 heteroatoms. The molecular formula is C21H18N2O5. The number of rotatable bonds is 6. The van der Waals surface area contributed by atoms with Gasteiger partial charge in [0.15, 0.2) is 11.5 Å². The van der Waals surface area contributed by atoms with Crippen molar-refractivity contribution in [2.75, 3.05) is 12.4 Å². The van der Waals surface area contributed by atoms with Gasteiger partial charge in [-0.1, -0.05) is 29.8 Å². The van der Waals surface area contributed by atoms with Crippen LogP contribution < -0.4 is 14.8 Å². The third kappa shape index (κ3) is 4.45. The summed E-state index contributed by atoms with van der Waals surface area (Å²) in [6, 6.07) is 18.1. The molecule has 0 unspecified atom stereocenters. The van der Waals surface area contributed by atoms with Gasteiger partial charge >= 0.3 is 0 Å². The second kappa shape index (κ2) is 8.22. The fourth-order valence-electron chi connectivity index (χ4n) is 2.64. The lowest BCUT2D eigenvalue weighted by atomic mass is 10.1. The fourth-order valence-corrected chi connectivity index (χ4v) is 2.64. The first-order chi connectivity index (χ1) is 13.5. The van der Waals surface area contributed by atoms with E-state index in [1.54, 1.807) is 42.5 Å². The number of hydrogen-bond acceptors (Lipinski definition) is 5. The van der Waals surface area contributed by atoms with Crippen LogP contribution >= 0.6 is 0 Å². The molecule has 0 aliphatic heterocycles. The van der Waals surface area contributed by atoms with Crippen molar-refractivity contribution in [2.24, 2.45) is 0 Å². The second-order valence-corrected chi connectivity index (χ2v) is 6.05. The molecule has 0 aromatic heterocycles. The van der Waals surface area contributed by atoms with Gasteiger partial charge in [-0.05, 0) is 31.2 Å². The predicted molar refractivity (Wildman–Crippen MR) is 105 cm³/mol. The molecule has 0 spiro atoms. The van der Waals surface area contributed by atoms with E-state index in [2.05, 4.69) is 5.32 Å². The molecule has 1 amide bonds. The zero-order chi connectivity index (χ0) is 20.1. The van der Waals surface area contributed by atoms with Crippen LogP contribution in [0.5, 0.6) is 17.2 Å². The predicted octanol–water partition coefficient (Wildman–Crippen LogP) is 4.96. The second-order valence-electron chi connectivity index (χ2n) is 6.05. The van der Waals surface area contributed by atoms with Crippen molar-refractivity contribution in [3.63, 3.8) is 0 Å². The van der Waals surface area contributed by atoms with Crippen LogP contribution in [0.4, 0.5) is 11.4 Å². The summed E-state index contributed by atoms with van der Waals surface area (Å²) in [5, 5.41) is 14.0. The molecule has 0 radical (unpaired) electrons. The van der Waals surface area contributed by atoms with Crippen LogP contribution in [0.3, 0.4) is 0 Å². The molecule has 1 N–H and O–H groups in total. The number of para-hydroxylation sites is 2. The Morgan fingerprint density at radius 2 is 1.75 bits per heavy atom. The minimum Gasteiger partial charge on any atom is -0.493 e. The minimum atomic E-state index is -0.544. The first-order valence-corrected chi connectivity index (χ1v) is 8.44. The van der Waals surface area contributed by atoms with Gasteiger partial charge in [0.25, 0.3) is 11.6 Å². The number of nitro benzene ring substituents is 1. The Labute approximate surface area is 161 Å². The maximum Gasteiger partial charge on any atom is 0.275 e. The van der Waals surface area contributed by atoms with E-state index in [9.17, 15) is 14.9 Å². The van der Waals surface area contributed by atoms with E-state index in [4.69, 9.17) is 9.47 Å². The smallest absolute Gasteiger partial charge is 0.275 e. The first-order valence-electron chi connectivity index (χ1n) is 8.44. The number of nitrogens with one attached hydrogen (secondary N) is 1. The molecule has 28 heavy (non-hydrogen) atoms. The molecule has 3 aromatic rings. The number of methoxy groups -OCH3 is 1. The molecule has 142 valence electrons. The Morgan fingerprint density at radius 3 is 2.43 bits per heavy atom. The monoisotopic (exact) mass is 378 g/mol. The molecule has 0 saturated heterocycles. The lowest BCUT2D eigenvalue weighted by Crippen LogP contribution is -2.12. The lowest BCUT2D eigenvalue weighted by molar-refractivity contribution is -0.384. The fraction of sp³-hybridized carbons (Fsp3) is 0.0952. The van der Waals surface area contributed by atoms with Crippen molar-refractivity contribution in [3.05, 3.63) is 88.0 Å². The summed E-state index contributed by atoms with van der Waals surface area (Å²) in [4.78, 5) is 23.2. The highest BCUT2D eigenvalue weighted by Gasteiger charge is 2.15. The number of hydrogen-bond donors (Lipinski definition) is 1. The van der Waals surface area contributed by atoms with Gasteiger partial charge in [-0.2, -0.15) is 0 Å². The highest BCUT2D eigenvalue weighted by atomic mass is 16.6. The number of aryl methyl sites for hydroxylation is 1. The van der Waals surface area contributed by atoms with E-state index in [1.807, 2.05) is 13.0 Å². The lowest BCUT2D eigenvalue weighted by Gasteiger charge is -2.12. The van der Waals surface area contributed by atoms with E-state index in [0.29, 0.717) is 17.1 Å². The van der Waals surface area contributed by atoms with Gasteiger partial charge in [0.2, 0.25) is 0 Å². The number of carbonyl (C=O) groups is 1. The topological polar surface area (TPSA) is 90.7 Å². The summed E-state index contributed by atoms with van der Waals surface area (Å²) in [6.07, 6.45) is 0. The van der Waals surface area contributed by atoms with E-state index < -0.39 is 4.92 Å². The van der Waals surface area contributed by atoms with Gasteiger partial charge in [-0.25, -0.2) is 0 Å². The number of benzene rings is 3. The van der Waals surface area contributed by atoms with E-state index >= 15 is 0 Å². The zero-order valence-electron chi connectivity index (χ0n) is 15.3. The van der Waals surface area contributed by atoms with Crippen molar-refractivity contribution in [3.8, 4) is 17.2 Å². The number of nitro groups is 1. The molecule has 3 rings (SSSR count). The van der Waals surface area contributed by atoms with Crippen molar-refractivity contribution in [1.29, 1.82) is 0 Å². The van der Waals surface area contributed by atoms with Crippen LogP contribution in [0.15, 0.2) is 66.7 Å². The molecule has 0 atom stereocenters. The standard InChI is InChI=1S/C21H18N2O5/c1-14-6-5-7-15(10-14)21(24)22-16-11-17(23(25)26)13-18(12-16)28-20-9-4-3-8-19(20)27-2/h3-13H,1-2H3,(H,22,24). The van der Waals surface area contributed by atoms with E-state index in [1.165, 1.54) is 25.3 Å². The summed E-state index contributed by atoms with van der Waals surface area (Å²) in [6.45, 7) is 1.88. The maximum absolute atomic E-state index is 12.5. The van der Waals surface area contributed by atoms with Crippen LogP contribution in [-0.2, 0) is 0 Å². The molecule has 0 saturated carbocycles. The molecule has 7 nitrogen and oxygen atoms in total. The van der Waals surface area contributed by atoms with Gasteiger partial charge in [-0.15, -0.1) is 0 Å². The SMILES string of the molecule is COc1ccccc1Oc1cc(NC(=O)c2cccc(C)c2)cc([N+](=O)[O-])c1. The van der Waals surface area contributed by atoms with Gasteiger partial charge in [0, 0.05) is 17.7 Å². The number of carbonyl (C=O) groups excluding carboxylic acids is 1. The number of amides is 1. The number of anilines is 1. The summed E-state index contributed by atoms with van der Waals surface area (Å²) >= 11 is 0. The Kier molecular flexibility index (Phi) is 5.55. The Morgan fingerprint density at radius 1 is 1.00 bits per heavy atom. The van der Waals surface area contributed by atoms with Crippen molar-refractivity contribution in [2.45, 2.75) is 6.92 Å². The summed E-state index contributed by atoms with van der Waals surface area (Å²) in [5.41, 5.74) is 1.45. The van der Waals surface area contributed by atoms with Gasteiger partial charge in [-0.3, -0.25) is 14.9 Å². The molecular weight excluding hydrogens is 360 g/mol. The van der Waals surface area contributed by atoms with E-state index in [0.717, 1.165) is 5.56 Å². The van der Waals surface area contributed by atoms with Gasteiger partial charge < -0.3 is 14.8 Å². The Hall–Kier alpha value is -3.87. The average molecular weight is 378 g/mol. The summed E-state index contributed by atoms with van der Waals surface area (Å²) in [5.74, 6) is 0.728. The minimum absolute atomic E-state index is 0.202. The first kappa shape index (κ1) is 18.9. The van der Waals surface area contributed by atoms with Crippen LogP contribution in [0.2, 0.25) is 0 Å². The van der Waals surface area contributed by atoms with Crippen LogP contribution in [0.25, 0.3) is 0 Å². The summed E-state index contributed by atoms with van der Waals surface area (Å²) in [7, 11) is 1.50. The van der Waals surface area contributed by atoms with Crippen LogP contribution in [0, 0.1) is 17.0 Å². The third-order valence-electron chi connectivity index (χ3n) is 3.94. The normalized spacial score (nSPS) is 10.2. The van der Waals surface area contributed by atoms with E-state index in [-0.39, 0.29) is 23.0 Å². The Balaban J connectivity index is 1.91. The molecule has 3 aromatic carbocycles. The quantitative estimate of drug-likeness (QED) is 0.484. The van der Waals surface area contributed by atoms with Gasteiger partial charge in [0.05, 0.1) is 23.8 Å². The van der Waals surface area contributed by atoms with Crippen molar-refractivity contribution in [1.82, 2.24) is 0 Å². The van der Waals surface area contributed by atoms with Crippen molar-refractivity contribution < 1.29 is 19.2 Å². The highest BCUT2D eigenvalue weighted by molar-refractivity contribution is 6.04. The third-order valence-corrected chi connectivity index (χ3v) is 3.94.